The molecule has 2 N–H and O–H groups in total. The second-order valence-electron chi connectivity index (χ2n) is 5.29. The molecule has 1 aromatic carbocycles. The van der Waals surface area contributed by atoms with Crippen LogP contribution in [-0.2, 0) is 11.3 Å². The van der Waals surface area contributed by atoms with Gasteiger partial charge in [0.25, 0.3) is 0 Å². The smallest absolute Gasteiger partial charge is 0.119 e. The van der Waals surface area contributed by atoms with Gasteiger partial charge in [0.15, 0.2) is 0 Å². The molecule has 4 heteroatoms. The number of benzene rings is 1. The maximum atomic E-state index is 5.81. The van der Waals surface area contributed by atoms with Crippen LogP contribution in [0.5, 0.6) is 5.75 Å². The molecule has 19 heavy (non-hydrogen) atoms. The molecule has 0 bridgehead atoms. The van der Waals surface area contributed by atoms with Crippen LogP contribution in [0.1, 0.15) is 23.6 Å². The zero-order chi connectivity index (χ0) is 13.8. The summed E-state index contributed by atoms with van der Waals surface area (Å²) in [7, 11) is 5.60. The molecule has 4 nitrogen and oxygen atoms in total. The number of nitrogens with zero attached hydrogens (tertiary/aromatic N) is 1. The van der Waals surface area contributed by atoms with Crippen molar-refractivity contribution in [2.75, 3.05) is 34.4 Å². The van der Waals surface area contributed by atoms with Gasteiger partial charge in [0.1, 0.15) is 5.75 Å². The van der Waals surface area contributed by atoms with Crippen LogP contribution in [0.25, 0.3) is 0 Å². The normalized spacial score (nSPS) is 23.8. The number of ether oxygens (including phenoxy) is 2. The summed E-state index contributed by atoms with van der Waals surface area (Å²) >= 11 is 0. The van der Waals surface area contributed by atoms with Crippen LogP contribution in [-0.4, -0.2) is 39.3 Å². The van der Waals surface area contributed by atoms with Crippen LogP contribution in [0.2, 0.25) is 0 Å². The molecule has 2 atom stereocenters. The average Bonchev–Trinajstić information content (AvgIpc) is 2.81. The van der Waals surface area contributed by atoms with Crippen molar-refractivity contribution in [1.29, 1.82) is 0 Å². The first-order valence-electron chi connectivity index (χ1n) is 6.75. The number of hydrogen-bond acceptors (Lipinski definition) is 4. The molecule has 106 valence electrons. The minimum atomic E-state index is 0.411. The third kappa shape index (κ3) is 3.08. The molecule has 2 unspecified atom stereocenters. The maximum absolute atomic E-state index is 5.81. The summed E-state index contributed by atoms with van der Waals surface area (Å²) in [6, 6.07) is 6.64. The molecule has 0 spiro atoms. The highest BCUT2D eigenvalue weighted by Crippen LogP contribution is 2.37. The van der Waals surface area contributed by atoms with E-state index in [-0.39, 0.29) is 0 Å². The van der Waals surface area contributed by atoms with Gasteiger partial charge in [0.05, 0.1) is 13.7 Å². The van der Waals surface area contributed by atoms with Gasteiger partial charge in [0.2, 0.25) is 0 Å². The van der Waals surface area contributed by atoms with E-state index in [0.29, 0.717) is 18.6 Å². The second-order valence-corrected chi connectivity index (χ2v) is 5.29. The lowest BCUT2D eigenvalue weighted by Crippen LogP contribution is -2.21. The lowest BCUT2D eigenvalue weighted by molar-refractivity contribution is 0.182. The molecule has 0 radical (unpaired) electrons. The molecule has 0 amide bonds. The Morgan fingerprint density at radius 3 is 2.74 bits per heavy atom. The van der Waals surface area contributed by atoms with Gasteiger partial charge in [-0.05, 0) is 49.2 Å². The largest absolute Gasteiger partial charge is 0.497 e. The lowest BCUT2D eigenvalue weighted by Gasteiger charge is -2.23. The Bertz CT molecular complexity index is 423. The lowest BCUT2D eigenvalue weighted by atomic mass is 9.95. The van der Waals surface area contributed by atoms with Crippen LogP contribution >= 0.6 is 0 Å². The minimum Gasteiger partial charge on any atom is -0.497 e. The van der Waals surface area contributed by atoms with Crippen LogP contribution in [0.4, 0.5) is 0 Å². The summed E-state index contributed by atoms with van der Waals surface area (Å²) < 4.78 is 10.7. The Kier molecular flexibility index (Phi) is 4.80. The zero-order valence-corrected chi connectivity index (χ0v) is 12.1. The van der Waals surface area contributed by atoms with Crippen molar-refractivity contribution in [3.05, 3.63) is 29.3 Å². The van der Waals surface area contributed by atoms with Crippen LogP contribution in [0.15, 0.2) is 18.2 Å². The number of likely N-dealkylation sites (tertiary alicyclic amines) is 1. The van der Waals surface area contributed by atoms with E-state index >= 15 is 0 Å². The highest BCUT2D eigenvalue weighted by molar-refractivity contribution is 5.38. The fourth-order valence-electron chi connectivity index (χ4n) is 2.94. The molecule has 1 heterocycles. The van der Waals surface area contributed by atoms with Gasteiger partial charge in [-0.3, -0.25) is 4.90 Å². The Morgan fingerprint density at radius 2 is 2.16 bits per heavy atom. The summed E-state index contributed by atoms with van der Waals surface area (Å²) in [5.74, 6) is 1.48. The number of nitrogens with two attached hydrogens (primary N) is 1. The summed E-state index contributed by atoms with van der Waals surface area (Å²) in [6.45, 7) is 2.45. The Hall–Kier alpha value is -1.10. The quantitative estimate of drug-likeness (QED) is 0.881. The van der Waals surface area contributed by atoms with Crippen LogP contribution in [0, 0.1) is 5.92 Å². The molecular weight excluding hydrogens is 240 g/mol. The van der Waals surface area contributed by atoms with E-state index in [9.17, 15) is 0 Å². The molecule has 0 saturated carbocycles. The van der Waals surface area contributed by atoms with Crippen molar-refractivity contribution in [1.82, 2.24) is 4.90 Å². The Morgan fingerprint density at radius 1 is 1.37 bits per heavy atom. The minimum absolute atomic E-state index is 0.411. The van der Waals surface area contributed by atoms with Crippen LogP contribution in [0.3, 0.4) is 0 Å². The monoisotopic (exact) mass is 264 g/mol. The van der Waals surface area contributed by atoms with E-state index in [0.717, 1.165) is 25.3 Å². The van der Waals surface area contributed by atoms with Crippen LogP contribution < -0.4 is 10.5 Å². The summed E-state index contributed by atoms with van der Waals surface area (Å²) in [5.41, 5.74) is 8.35. The van der Waals surface area contributed by atoms with Crippen molar-refractivity contribution in [2.24, 2.45) is 11.7 Å². The van der Waals surface area contributed by atoms with E-state index < -0.39 is 0 Å². The van der Waals surface area contributed by atoms with Crippen molar-refractivity contribution < 1.29 is 9.47 Å². The predicted octanol–water partition coefficient (Wildman–Crippen LogP) is 1.79. The number of methoxy groups -OCH3 is 2. The van der Waals surface area contributed by atoms with Crippen molar-refractivity contribution >= 4 is 0 Å². The van der Waals surface area contributed by atoms with Gasteiger partial charge in [-0.1, -0.05) is 6.07 Å². The maximum Gasteiger partial charge on any atom is 0.119 e. The molecule has 0 aromatic heterocycles. The average molecular weight is 264 g/mol. The topological polar surface area (TPSA) is 47.7 Å². The molecule has 1 aliphatic heterocycles. The predicted molar refractivity (Wildman–Crippen MR) is 76.2 cm³/mol. The number of hydrogen-bond donors (Lipinski definition) is 1. The van der Waals surface area contributed by atoms with Gasteiger partial charge in [-0.2, -0.15) is 0 Å². The summed E-state index contributed by atoms with van der Waals surface area (Å²) in [6.07, 6.45) is 1.11. The van der Waals surface area contributed by atoms with E-state index in [2.05, 4.69) is 24.1 Å². The number of rotatable bonds is 5. The van der Waals surface area contributed by atoms with E-state index in [1.165, 1.54) is 11.1 Å². The van der Waals surface area contributed by atoms with Crippen molar-refractivity contribution in [2.45, 2.75) is 19.1 Å². The molecule has 1 aliphatic rings. The zero-order valence-electron chi connectivity index (χ0n) is 12.1. The summed E-state index contributed by atoms with van der Waals surface area (Å²) in [5, 5.41) is 0. The second kappa shape index (κ2) is 6.37. The Balaban J connectivity index is 2.30. The molecule has 1 saturated heterocycles. The van der Waals surface area contributed by atoms with Gasteiger partial charge < -0.3 is 15.2 Å². The molecule has 2 rings (SSSR count). The first kappa shape index (κ1) is 14.3. The van der Waals surface area contributed by atoms with Gasteiger partial charge in [0, 0.05) is 19.7 Å². The summed E-state index contributed by atoms with van der Waals surface area (Å²) in [4.78, 5) is 2.38. The Labute approximate surface area is 115 Å². The molecule has 1 fully saturated rings. The standard InChI is InChI=1S/C15H24N2O2/c1-17-9-11(8-16)6-15(17)14-7-13(19-3)5-4-12(14)10-18-2/h4-5,7,11,15H,6,8-10,16H2,1-3H3. The third-order valence-corrected chi connectivity index (χ3v) is 3.98. The van der Waals surface area contributed by atoms with Crippen molar-refractivity contribution in [3.8, 4) is 5.75 Å². The van der Waals surface area contributed by atoms with E-state index in [1.807, 2.05) is 6.07 Å². The first-order chi connectivity index (χ1) is 9.19. The first-order valence-corrected chi connectivity index (χ1v) is 6.75. The fourth-order valence-corrected chi connectivity index (χ4v) is 2.94. The highest BCUT2D eigenvalue weighted by atomic mass is 16.5. The highest BCUT2D eigenvalue weighted by Gasteiger charge is 2.31. The van der Waals surface area contributed by atoms with Gasteiger partial charge >= 0.3 is 0 Å². The third-order valence-electron chi connectivity index (χ3n) is 3.98. The van der Waals surface area contributed by atoms with Gasteiger partial charge in [-0.25, -0.2) is 0 Å². The van der Waals surface area contributed by atoms with E-state index in [1.54, 1.807) is 14.2 Å². The van der Waals surface area contributed by atoms with Crippen molar-refractivity contribution in [3.63, 3.8) is 0 Å². The fraction of sp³-hybridized carbons (Fsp3) is 0.600. The molecule has 1 aromatic rings. The SMILES string of the molecule is COCc1ccc(OC)cc1C1CC(CN)CN1C. The molecule has 0 aliphatic carbocycles. The van der Waals surface area contributed by atoms with E-state index in [4.69, 9.17) is 15.2 Å². The van der Waals surface area contributed by atoms with Gasteiger partial charge in [-0.15, -0.1) is 0 Å². The molecular formula is C15H24N2O2.